The van der Waals surface area contributed by atoms with Crippen molar-refractivity contribution in [3.8, 4) is 0 Å². The third-order valence-corrected chi connectivity index (χ3v) is 3.47. The Morgan fingerprint density at radius 2 is 2.53 bits per heavy atom. The standard InChI is InChI=1S/C10H12N2O2S/c13-10(14)8-2-1-4-11-9(8)12-7-3-5-15-6-7/h1-2,4,7H,3,5-6H2,(H,11,12)(H,13,14). The third kappa shape index (κ3) is 2.41. The van der Waals surface area contributed by atoms with Crippen molar-refractivity contribution in [2.75, 3.05) is 16.8 Å². The molecule has 0 saturated carbocycles. The molecule has 0 spiro atoms. The Kier molecular flexibility index (Phi) is 3.11. The summed E-state index contributed by atoms with van der Waals surface area (Å²) in [6.45, 7) is 0. The minimum Gasteiger partial charge on any atom is -0.478 e. The van der Waals surface area contributed by atoms with E-state index in [-0.39, 0.29) is 5.56 Å². The molecule has 4 nitrogen and oxygen atoms in total. The molecular formula is C10H12N2O2S. The zero-order valence-electron chi connectivity index (χ0n) is 8.14. The van der Waals surface area contributed by atoms with Gasteiger partial charge in [-0.15, -0.1) is 0 Å². The van der Waals surface area contributed by atoms with Gasteiger partial charge in [0.15, 0.2) is 0 Å². The van der Waals surface area contributed by atoms with Crippen LogP contribution in [-0.4, -0.2) is 33.6 Å². The van der Waals surface area contributed by atoms with E-state index in [0.29, 0.717) is 11.9 Å². The van der Waals surface area contributed by atoms with Gasteiger partial charge in [-0.2, -0.15) is 11.8 Å². The number of nitrogens with one attached hydrogen (secondary N) is 1. The summed E-state index contributed by atoms with van der Waals surface area (Å²) in [4.78, 5) is 15.0. The normalized spacial score (nSPS) is 20.1. The molecule has 15 heavy (non-hydrogen) atoms. The molecule has 80 valence electrons. The van der Waals surface area contributed by atoms with Crippen molar-refractivity contribution in [3.05, 3.63) is 23.9 Å². The Morgan fingerprint density at radius 1 is 1.67 bits per heavy atom. The molecule has 1 aliphatic heterocycles. The predicted molar refractivity (Wildman–Crippen MR) is 60.5 cm³/mol. The molecule has 1 unspecified atom stereocenters. The van der Waals surface area contributed by atoms with Gasteiger partial charge in [0, 0.05) is 18.0 Å². The van der Waals surface area contributed by atoms with Gasteiger partial charge in [0.25, 0.3) is 0 Å². The van der Waals surface area contributed by atoms with Crippen LogP contribution in [-0.2, 0) is 0 Å². The van der Waals surface area contributed by atoms with Crippen molar-refractivity contribution >= 4 is 23.5 Å². The molecule has 2 rings (SSSR count). The fourth-order valence-electron chi connectivity index (χ4n) is 1.53. The summed E-state index contributed by atoms with van der Waals surface area (Å²) in [6, 6.07) is 3.56. The zero-order chi connectivity index (χ0) is 10.7. The van der Waals surface area contributed by atoms with Crippen LogP contribution >= 0.6 is 11.8 Å². The van der Waals surface area contributed by atoms with Crippen LogP contribution in [0.2, 0.25) is 0 Å². The number of carboxylic acid groups (broad SMARTS) is 1. The number of carbonyl (C=O) groups is 1. The molecule has 0 radical (unpaired) electrons. The van der Waals surface area contributed by atoms with Crippen molar-refractivity contribution in [2.24, 2.45) is 0 Å². The van der Waals surface area contributed by atoms with Gasteiger partial charge in [-0.25, -0.2) is 9.78 Å². The largest absolute Gasteiger partial charge is 0.478 e. The Balaban J connectivity index is 2.15. The molecule has 1 saturated heterocycles. The molecule has 0 bridgehead atoms. The van der Waals surface area contributed by atoms with E-state index in [1.54, 1.807) is 18.3 Å². The molecule has 1 atom stereocenters. The van der Waals surface area contributed by atoms with E-state index in [1.807, 2.05) is 11.8 Å². The highest BCUT2D eigenvalue weighted by Crippen LogP contribution is 2.22. The van der Waals surface area contributed by atoms with Crippen molar-refractivity contribution in [1.29, 1.82) is 0 Å². The maximum atomic E-state index is 10.9. The Labute approximate surface area is 92.1 Å². The molecule has 2 N–H and O–H groups in total. The van der Waals surface area contributed by atoms with Crippen LogP contribution in [0.15, 0.2) is 18.3 Å². The van der Waals surface area contributed by atoms with E-state index in [1.165, 1.54) is 0 Å². The van der Waals surface area contributed by atoms with Crippen LogP contribution < -0.4 is 5.32 Å². The fraction of sp³-hybridized carbons (Fsp3) is 0.400. The molecule has 0 aliphatic carbocycles. The topological polar surface area (TPSA) is 62.2 Å². The van der Waals surface area contributed by atoms with Gasteiger partial charge in [0.1, 0.15) is 11.4 Å². The summed E-state index contributed by atoms with van der Waals surface area (Å²) in [5, 5.41) is 12.1. The van der Waals surface area contributed by atoms with Gasteiger partial charge in [0.05, 0.1) is 0 Å². The van der Waals surface area contributed by atoms with Gasteiger partial charge in [-0.1, -0.05) is 0 Å². The third-order valence-electron chi connectivity index (χ3n) is 2.31. The second kappa shape index (κ2) is 4.53. The van der Waals surface area contributed by atoms with Gasteiger partial charge < -0.3 is 10.4 Å². The first-order chi connectivity index (χ1) is 7.27. The lowest BCUT2D eigenvalue weighted by atomic mass is 10.2. The average molecular weight is 224 g/mol. The number of hydrogen-bond donors (Lipinski definition) is 2. The maximum absolute atomic E-state index is 10.9. The van der Waals surface area contributed by atoms with Crippen LogP contribution in [0.5, 0.6) is 0 Å². The summed E-state index contributed by atoms with van der Waals surface area (Å²) in [5.74, 6) is 1.71. The van der Waals surface area contributed by atoms with E-state index in [2.05, 4.69) is 10.3 Å². The van der Waals surface area contributed by atoms with Crippen LogP contribution in [0.25, 0.3) is 0 Å². The van der Waals surface area contributed by atoms with Crippen molar-refractivity contribution < 1.29 is 9.90 Å². The van der Waals surface area contributed by atoms with Crippen LogP contribution in [0, 0.1) is 0 Å². The number of thioether (sulfide) groups is 1. The molecule has 5 heteroatoms. The number of hydrogen-bond acceptors (Lipinski definition) is 4. The van der Waals surface area contributed by atoms with Gasteiger partial charge in [0.2, 0.25) is 0 Å². The van der Waals surface area contributed by atoms with Gasteiger partial charge >= 0.3 is 5.97 Å². The highest BCUT2D eigenvalue weighted by molar-refractivity contribution is 7.99. The number of nitrogens with zero attached hydrogens (tertiary/aromatic N) is 1. The summed E-state index contributed by atoms with van der Waals surface area (Å²) in [5.41, 5.74) is 0.245. The van der Waals surface area contributed by atoms with E-state index in [9.17, 15) is 4.79 Å². The lowest BCUT2D eigenvalue weighted by Crippen LogP contribution is -2.20. The van der Waals surface area contributed by atoms with E-state index in [0.717, 1.165) is 17.9 Å². The first-order valence-electron chi connectivity index (χ1n) is 4.80. The van der Waals surface area contributed by atoms with Crippen LogP contribution in [0.1, 0.15) is 16.8 Å². The minimum atomic E-state index is -0.934. The zero-order valence-corrected chi connectivity index (χ0v) is 8.96. The van der Waals surface area contributed by atoms with Crippen molar-refractivity contribution in [2.45, 2.75) is 12.5 Å². The number of rotatable bonds is 3. The molecule has 1 aromatic heterocycles. The fourth-order valence-corrected chi connectivity index (χ4v) is 2.69. The summed E-state index contributed by atoms with van der Waals surface area (Å²) >= 11 is 1.88. The first-order valence-corrected chi connectivity index (χ1v) is 5.95. The summed E-state index contributed by atoms with van der Waals surface area (Å²) < 4.78 is 0. The number of carboxylic acids is 1. The Bertz CT molecular complexity index is 364. The quantitative estimate of drug-likeness (QED) is 0.818. The molecule has 2 heterocycles. The first kappa shape index (κ1) is 10.3. The highest BCUT2D eigenvalue weighted by atomic mass is 32.2. The number of aromatic nitrogens is 1. The smallest absolute Gasteiger partial charge is 0.339 e. The number of aromatic carboxylic acids is 1. The molecular weight excluding hydrogens is 212 g/mol. The molecule has 0 amide bonds. The van der Waals surface area contributed by atoms with Crippen LogP contribution in [0.3, 0.4) is 0 Å². The highest BCUT2D eigenvalue weighted by Gasteiger charge is 2.18. The van der Waals surface area contributed by atoms with E-state index in [4.69, 9.17) is 5.11 Å². The molecule has 1 aliphatic rings. The van der Waals surface area contributed by atoms with Gasteiger partial charge in [-0.3, -0.25) is 0 Å². The SMILES string of the molecule is O=C(O)c1cccnc1NC1CCSC1. The maximum Gasteiger partial charge on any atom is 0.339 e. The van der Waals surface area contributed by atoms with Gasteiger partial charge in [-0.05, 0) is 24.3 Å². The lowest BCUT2D eigenvalue weighted by Gasteiger charge is -2.13. The average Bonchev–Trinajstić information content (AvgIpc) is 2.71. The molecule has 0 aromatic carbocycles. The molecule has 1 fully saturated rings. The van der Waals surface area contributed by atoms with E-state index >= 15 is 0 Å². The summed E-state index contributed by atoms with van der Waals surface area (Å²) in [7, 11) is 0. The molecule has 1 aromatic rings. The monoisotopic (exact) mass is 224 g/mol. The van der Waals surface area contributed by atoms with Crippen LogP contribution in [0.4, 0.5) is 5.82 Å². The second-order valence-corrected chi connectivity index (χ2v) is 4.56. The summed E-state index contributed by atoms with van der Waals surface area (Å²) in [6.07, 6.45) is 2.68. The van der Waals surface area contributed by atoms with E-state index < -0.39 is 5.97 Å². The Hall–Kier alpha value is -1.23. The van der Waals surface area contributed by atoms with Crippen molar-refractivity contribution in [3.63, 3.8) is 0 Å². The van der Waals surface area contributed by atoms with Crippen molar-refractivity contribution in [1.82, 2.24) is 4.98 Å². The minimum absolute atomic E-state index is 0.245. The lowest BCUT2D eigenvalue weighted by molar-refractivity contribution is 0.0697. The number of pyridine rings is 1. The number of anilines is 1. The second-order valence-electron chi connectivity index (χ2n) is 3.41. The Morgan fingerprint density at radius 3 is 3.20 bits per heavy atom. The predicted octanol–water partition coefficient (Wildman–Crippen LogP) is 1.70.